The quantitative estimate of drug-likeness (QED) is 0.784. The number of carboxylic acids is 1. The standard InChI is InChI=1S/C14H15FN2O3/c15-11-6-8(1-3-9(11)14(19)20)17-13(18)10-5-7-2-4-12(10)16-7/h1,3,6-7,10,12,16H,2,4-5H2,(H,17,18)(H,19,20). The van der Waals surface area contributed by atoms with Gasteiger partial charge in [-0.25, -0.2) is 9.18 Å². The number of anilines is 1. The molecule has 5 nitrogen and oxygen atoms in total. The molecule has 2 fully saturated rings. The summed E-state index contributed by atoms with van der Waals surface area (Å²) in [5.41, 5.74) is -0.107. The van der Waals surface area contributed by atoms with E-state index in [1.165, 1.54) is 6.07 Å². The molecule has 2 heterocycles. The molecule has 0 saturated carbocycles. The third-order valence-electron chi connectivity index (χ3n) is 4.10. The predicted molar refractivity (Wildman–Crippen MR) is 70.0 cm³/mol. The summed E-state index contributed by atoms with van der Waals surface area (Å²) >= 11 is 0. The van der Waals surface area contributed by atoms with Crippen molar-refractivity contribution in [1.82, 2.24) is 5.32 Å². The normalized spacial score (nSPS) is 27.6. The third-order valence-corrected chi connectivity index (χ3v) is 4.10. The van der Waals surface area contributed by atoms with Gasteiger partial charge in [0, 0.05) is 17.8 Å². The van der Waals surface area contributed by atoms with Crippen molar-refractivity contribution in [2.45, 2.75) is 31.3 Å². The second kappa shape index (κ2) is 4.86. The summed E-state index contributed by atoms with van der Waals surface area (Å²) in [6, 6.07) is 4.24. The third kappa shape index (κ3) is 2.27. The monoisotopic (exact) mass is 278 g/mol. The molecule has 6 heteroatoms. The lowest BCUT2D eigenvalue weighted by atomic mass is 9.88. The molecule has 20 heavy (non-hydrogen) atoms. The van der Waals surface area contributed by atoms with Crippen molar-refractivity contribution in [2.24, 2.45) is 5.92 Å². The predicted octanol–water partition coefficient (Wildman–Crippen LogP) is 1.60. The minimum atomic E-state index is -1.32. The smallest absolute Gasteiger partial charge is 0.338 e. The van der Waals surface area contributed by atoms with Gasteiger partial charge in [-0.3, -0.25) is 4.79 Å². The number of aromatic carboxylic acids is 1. The van der Waals surface area contributed by atoms with E-state index in [0.29, 0.717) is 11.7 Å². The molecule has 2 aliphatic heterocycles. The van der Waals surface area contributed by atoms with Crippen LogP contribution >= 0.6 is 0 Å². The molecule has 106 valence electrons. The zero-order chi connectivity index (χ0) is 14.3. The van der Waals surface area contributed by atoms with E-state index in [9.17, 15) is 14.0 Å². The number of halogens is 1. The highest BCUT2D eigenvalue weighted by molar-refractivity contribution is 5.94. The molecule has 3 N–H and O–H groups in total. The fourth-order valence-electron chi connectivity index (χ4n) is 3.12. The Balaban J connectivity index is 1.70. The lowest BCUT2D eigenvalue weighted by Gasteiger charge is -2.19. The number of benzene rings is 1. The van der Waals surface area contributed by atoms with Crippen LogP contribution in [0.25, 0.3) is 0 Å². The van der Waals surface area contributed by atoms with E-state index >= 15 is 0 Å². The molecule has 0 aromatic heterocycles. The highest BCUT2D eigenvalue weighted by Crippen LogP contribution is 2.33. The van der Waals surface area contributed by atoms with Gasteiger partial charge in [0.2, 0.25) is 5.91 Å². The molecule has 1 aromatic carbocycles. The van der Waals surface area contributed by atoms with Gasteiger partial charge in [-0.05, 0) is 37.5 Å². The van der Waals surface area contributed by atoms with Crippen LogP contribution in [0, 0.1) is 11.7 Å². The molecular formula is C14H15FN2O3. The Labute approximate surface area is 115 Å². The van der Waals surface area contributed by atoms with E-state index in [1.54, 1.807) is 0 Å². The largest absolute Gasteiger partial charge is 0.478 e. The van der Waals surface area contributed by atoms with Crippen molar-refractivity contribution in [3.05, 3.63) is 29.6 Å². The Morgan fingerprint density at radius 1 is 1.35 bits per heavy atom. The number of carboxylic acid groups (broad SMARTS) is 1. The maximum atomic E-state index is 13.5. The highest BCUT2D eigenvalue weighted by atomic mass is 19.1. The number of nitrogens with one attached hydrogen (secondary N) is 2. The first-order valence-corrected chi connectivity index (χ1v) is 6.64. The van der Waals surface area contributed by atoms with Gasteiger partial charge in [0.1, 0.15) is 5.82 Å². The van der Waals surface area contributed by atoms with Gasteiger partial charge >= 0.3 is 5.97 Å². The number of carbonyl (C=O) groups is 2. The summed E-state index contributed by atoms with van der Waals surface area (Å²) in [5.74, 6) is -2.39. The number of hydrogen-bond acceptors (Lipinski definition) is 3. The van der Waals surface area contributed by atoms with Crippen molar-refractivity contribution in [1.29, 1.82) is 0 Å². The molecule has 0 spiro atoms. The number of fused-ring (bicyclic) bond motifs is 2. The Hall–Kier alpha value is -1.95. The van der Waals surface area contributed by atoms with Crippen LogP contribution in [-0.4, -0.2) is 29.1 Å². The molecule has 0 aliphatic carbocycles. The zero-order valence-corrected chi connectivity index (χ0v) is 10.7. The van der Waals surface area contributed by atoms with Gasteiger partial charge in [0.25, 0.3) is 0 Å². The van der Waals surface area contributed by atoms with Crippen LogP contribution < -0.4 is 10.6 Å². The number of amides is 1. The van der Waals surface area contributed by atoms with E-state index in [2.05, 4.69) is 10.6 Å². The summed E-state index contributed by atoms with van der Waals surface area (Å²) in [4.78, 5) is 22.9. The van der Waals surface area contributed by atoms with Crippen molar-refractivity contribution in [2.75, 3.05) is 5.32 Å². The molecular weight excluding hydrogens is 263 g/mol. The minimum absolute atomic E-state index is 0.0871. The van der Waals surface area contributed by atoms with Gasteiger partial charge < -0.3 is 15.7 Å². The van der Waals surface area contributed by atoms with Gasteiger partial charge in [0.05, 0.1) is 11.5 Å². The van der Waals surface area contributed by atoms with E-state index in [0.717, 1.165) is 31.4 Å². The van der Waals surface area contributed by atoms with Crippen LogP contribution in [0.5, 0.6) is 0 Å². The average molecular weight is 278 g/mol. The second-order valence-corrected chi connectivity index (χ2v) is 5.38. The molecule has 3 rings (SSSR count). The lowest BCUT2D eigenvalue weighted by Crippen LogP contribution is -2.32. The molecule has 2 bridgehead atoms. The average Bonchev–Trinajstić information content (AvgIpc) is 3.00. The fraction of sp³-hybridized carbons (Fsp3) is 0.429. The number of hydrogen-bond donors (Lipinski definition) is 3. The van der Waals surface area contributed by atoms with E-state index in [4.69, 9.17) is 5.11 Å². The Morgan fingerprint density at radius 2 is 2.15 bits per heavy atom. The van der Waals surface area contributed by atoms with Crippen molar-refractivity contribution < 1.29 is 19.1 Å². The molecule has 3 atom stereocenters. The molecule has 3 unspecified atom stereocenters. The first kappa shape index (κ1) is 13.1. The molecule has 1 amide bonds. The Kier molecular flexibility index (Phi) is 3.17. The first-order chi connectivity index (χ1) is 9.54. The van der Waals surface area contributed by atoms with Crippen molar-refractivity contribution in [3.63, 3.8) is 0 Å². The molecule has 1 aromatic rings. The lowest BCUT2D eigenvalue weighted by molar-refractivity contribution is -0.120. The van der Waals surface area contributed by atoms with Crippen molar-refractivity contribution >= 4 is 17.6 Å². The maximum absolute atomic E-state index is 13.5. The summed E-state index contributed by atoms with van der Waals surface area (Å²) in [6.07, 6.45) is 2.91. The maximum Gasteiger partial charge on any atom is 0.338 e. The SMILES string of the molecule is O=C(O)c1ccc(NC(=O)C2CC3CCC2N3)cc1F. The van der Waals surface area contributed by atoms with E-state index < -0.39 is 17.3 Å². The molecule has 2 aliphatic rings. The summed E-state index contributed by atoms with van der Waals surface area (Å²) in [6.45, 7) is 0. The van der Waals surface area contributed by atoms with Crippen LogP contribution in [0.2, 0.25) is 0 Å². The van der Waals surface area contributed by atoms with Gasteiger partial charge in [-0.15, -0.1) is 0 Å². The molecule has 2 saturated heterocycles. The van der Waals surface area contributed by atoms with Gasteiger partial charge in [0.15, 0.2) is 0 Å². The summed E-state index contributed by atoms with van der Waals surface area (Å²) in [7, 11) is 0. The Morgan fingerprint density at radius 3 is 2.70 bits per heavy atom. The zero-order valence-electron chi connectivity index (χ0n) is 10.7. The molecule has 0 radical (unpaired) electrons. The van der Waals surface area contributed by atoms with E-state index in [-0.39, 0.29) is 17.9 Å². The minimum Gasteiger partial charge on any atom is -0.478 e. The topological polar surface area (TPSA) is 78.4 Å². The number of carbonyl (C=O) groups excluding carboxylic acids is 1. The van der Waals surface area contributed by atoms with Crippen molar-refractivity contribution in [3.8, 4) is 0 Å². The summed E-state index contributed by atoms with van der Waals surface area (Å²) < 4.78 is 13.5. The van der Waals surface area contributed by atoms with Crippen LogP contribution in [0.4, 0.5) is 10.1 Å². The van der Waals surface area contributed by atoms with Crippen LogP contribution in [0.15, 0.2) is 18.2 Å². The Bertz CT molecular complexity index is 576. The summed E-state index contributed by atoms with van der Waals surface area (Å²) in [5, 5.41) is 14.8. The first-order valence-electron chi connectivity index (χ1n) is 6.64. The van der Waals surface area contributed by atoms with Crippen LogP contribution in [-0.2, 0) is 4.79 Å². The van der Waals surface area contributed by atoms with Crippen LogP contribution in [0.1, 0.15) is 29.6 Å². The van der Waals surface area contributed by atoms with E-state index in [1.807, 2.05) is 0 Å². The fourth-order valence-corrected chi connectivity index (χ4v) is 3.12. The highest BCUT2D eigenvalue weighted by Gasteiger charge is 2.42. The number of rotatable bonds is 3. The van der Waals surface area contributed by atoms with Gasteiger partial charge in [-0.2, -0.15) is 0 Å². The van der Waals surface area contributed by atoms with Gasteiger partial charge in [-0.1, -0.05) is 0 Å². The van der Waals surface area contributed by atoms with Crippen LogP contribution in [0.3, 0.4) is 0 Å². The second-order valence-electron chi connectivity index (χ2n) is 5.38.